The fraction of sp³-hybridized carbons (Fsp3) is 0.0833. The number of anilines is 1. The van der Waals surface area contributed by atoms with E-state index in [1.807, 2.05) is 24.3 Å². The molecule has 4 rings (SSSR count). The molecule has 1 aromatic heterocycles. The first-order chi connectivity index (χ1) is 15.0. The van der Waals surface area contributed by atoms with E-state index in [1.54, 1.807) is 49.6 Å². The van der Waals surface area contributed by atoms with Crippen LogP contribution in [0.25, 0.3) is 11.0 Å². The van der Waals surface area contributed by atoms with Gasteiger partial charge in [0.05, 0.1) is 7.11 Å². The lowest BCUT2D eigenvalue weighted by molar-refractivity contribution is 0.102. The van der Waals surface area contributed by atoms with Crippen molar-refractivity contribution in [2.24, 2.45) is 0 Å². The molecule has 2 N–H and O–H groups in total. The number of thioether (sulfide) groups is 1. The molecular weight excluding hydrogens is 414 g/mol. The van der Waals surface area contributed by atoms with E-state index in [4.69, 9.17) is 9.15 Å². The van der Waals surface area contributed by atoms with Crippen molar-refractivity contribution in [2.45, 2.75) is 10.6 Å². The predicted molar refractivity (Wildman–Crippen MR) is 121 cm³/mol. The summed E-state index contributed by atoms with van der Waals surface area (Å²) in [4.78, 5) is 25.6. The lowest BCUT2D eigenvalue weighted by Crippen LogP contribution is -2.11. The molecule has 156 valence electrons. The molecule has 4 aromatic rings. The van der Waals surface area contributed by atoms with Crippen LogP contribution in [0, 0.1) is 0 Å². The Morgan fingerprint density at radius 1 is 1.06 bits per heavy atom. The van der Waals surface area contributed by atoms with Gasteiger partial charge in [0.15, 0.2) is 0 Å². The van der Waals surface area contributed by atoms with E-state index in [0.717, 1.165) is 10.3 Å². The molecule has 1 heterocycles. The third-order valence-corrected chi connectivity index (χ3v) is 5.67. The number of carbonyl (C=O) groups is 1. The number of fused-ring (bicyclic) bond motifs is 1. The van der Waals surface area contributed by atoms with Crippen LogP contribution >= 0.6 is 11.8 Å². The minimum atomic E-state index is -0.436. The molecule has 0 fully saturated rings. The maximum absolute atomic E-state index is 12.5. The third-order valence-electron chi connectivity index (χ3n) is 4.63. The number of phenolic OH excluding ortho intramolecular Hbond substituents is 1. The van der Waals surface area contributed by atoms with Crippen LogP contribution in [-0.4, -0.2) is 18.1 Å². The molecule has 0 aliphatic rings. The van der Waals surface area contributed by atoms with Crippen LogP contribution in [0.4, 0.5) is 5.69 Å². The molecule has 6 nitrogen and oxygen atoms in total. The van der Waals surface area contributed by atoms with Crippen molar-refractivity contribution in [1.29, 1.82) is 0 Å². The first kappa shape index (κ1) is 20.6. The highest BCUT2D eigenvalue weighted by Crippen LogP contribution is 2.26. The summed E-state index contributed by atoms with van der Waals surface area (Å²) in [6.07, 6.45) is 0. The summed E-state index contributed by atoms with van der Waals surface area (Å²) >= 11 is 1.46. The number of benzene rings is 3. The minimum Gasteiger partial charge on any atom is -0.508 e. The molecular formula is C24H19NO5S. The smallest absolute Gasteiger partial charge is 0.340 e. The van der Waals surface area contributed by atoms with Gasteiger partial charge in [0, 0.05) is 38.9 Å². The highest BCUT2D eigenvalue weighted by molar-refractivity contribution is 7.98. The zero-order valence-electron chi connectivity index (χ0n) is 16.6. The fourth-order valence-corrected chi connectivity index (χ4v) is 3.92. The quantitative estimate of drug-likeness (QED) is 0.327. The van der Waals surface area contributed by atoms with Crippen LogP contribution in [0.5, 0.6) is 11.5 Å². The molecule has 0 unspecified atom stereocenters. The van der Waals surface area contributed by atoms with E-state index < -0.39 is 5.63 Å². The van der Waals surface area contributed by atoms with Crippen molar-refractivity contribution in [3.05, 3.63) is 94.3 Å². The molecule has 0 atom stereocenters. The van der Waals surface area contributed by atoms with Crippen LogP contribution in [0.2, 0.25) is 0 Å². The normalized spacial score (nSPS) is 10.7. The number of carbonyl (C=O) groups excluding carboxylic acids is 1. The van der Waals surface area contributed by atoms with Gasteiger partial charge in [-0.15, -0.1) is 11.8 Å². The van der Waals surface area contributed by atoms with Crippen molar-refractivity contribution < 1.29 is 19.1 Å². The summed E-state index contributed by atoms with van der Waals surface area (Å²) in [5.41, 5.74) is 1.62. The second-order valence-electron chi connectivity index (χ2n) is 6.78. The van der Waals surface area contributed by atoms with Gasteiger partial charge >= 0.3 is 5.63 Å². The van der Waals surface area contributed by atoms with E-state index in [-0.39, 0.29) is 11.7 Å². The van der Waals surface area contributed by atoms with E-state index in [2.05, 4.69) is 5.32 Å². The summed E-state index contributed by atoms with van der Waals surface area (Å²) in [6.45, 7) is 0. The standard InChI is InChI=1S/C24H19NO5S/c1-29-20-9-6-15(7-10-20)23(27)25-18-3-2-4-21(12-18)31-14-17-11-16-5-8-19(26)13-22(16)30-24(17)28/h2-13,26H,14H2,1H3,(H,25,27). The Morgan fingerprint density at radius 2 is 1.87 bits per heavy atom. The van der Waals surface area contributed by atoms with Crippen LogP contribution < -0.4 is 15.7 Å². The van der Waals surface area contributed by atoms with E-state index in [0.29, 0.717) is 33.9 Å². The minimum absolute atomic E-state index is 0.0475. The van der Waals surface area contributed by atoms with Crippen molar-refractivity contribution in [2.75, 3.05) is 12.4 Å². The number of methoxy groups -OCH3 is 1. The molecule has 7 heteroatoms. The first-order valence-corrected chi connectivity index (χ1v) is 10.4. The largest absolute Gasteiger partial charge is 0.508 e. The molecule has 3 aromatic carbocycles. The number of amides is 1. The van der Waals surface area contributed by atoms with Crippen molar-refractivity contribution in [1.82, 2.24) is 0 Å². The molecule has 0 saturated carbocycles. The maximum atomic E-state index is 12.5. The topological polar surface area (TPSA) is 88.8 Å². The Labute approximate surface area is 182 Å². The molecule has 0 aliphatic carbocycles. The van der Waals surface area contributed by atoms with Crippen molar-refractivity contribution >= 4 is 34.3 Å². The number of hydrogen-bond acceptors (Lipinski definition) is 6. The SMILES string of the molecule is COc1ccc(C(=O)Nc2cccc(SCc3cc4ccc(O)cc4oc3=O)c2)cc1. The molecule has 0 bridgehead atoms. The number of ether oxygens (including phenoxy) is 1. The second-order valence-corrected chi connectivity index (χ2v) is 7.83. The summed E-state index contributed by atoms with van der Waals surface area (Å²) < 4.78 is 10.4. The number of phenols is 1. The maximum Gasteiger partial charge on any atom is 0.340 e. The summed E-state index contributed by atoms with van der Waals surface area (Å²) in [6, 6.07) is 20.7. The zero-order valence-corrected chi connectivity index (χ0v) is 17.4. The average molecular weight is 433 g/mol. The summed E-state index contributed by atoms with van der Waals surface area (Å²) in [5, 5.41) is 13.1. The van der Waals surface area contributed by atoms with E-state index >= 15 is 0 Å². The zero-order chi connectivity index (χ0) is 21.8. The number of aromatic hydroxyl groups is 1. The third kappa shape index (κ3) is 4.90. The monoisotopic (exact) mass is 433 g/mol. The predicted octanol–water partition coefficient (Wildman–Crippen LogP) is 5.05. The lowest BCUT2D eigenvalue weighted by Gasteiger charge is -2.08. The van der Waals surface area contributed by atoms with Gasteiger partial charge in [-0.2, -0.15) is 0 Å². The van der Waals surface area contributed by atoms with E-state index in [9.17, 15) is 14.7 Å². The molecule has 1 amide bonds. The summed E-state index contributed by atoms with van der Waals surface area (Å²) in [5.74, 6) is 0.925. The van der Waals surface area contributed by atoms with Gasteiger partial charge in [0.2, 0.25) is 0 Å². The Balaban J connectivity index is 1.45. The lowest BCUT2D eigenvalue weighted by atomic mass is 10.2. The number of hydrogen-bond donors (Lipinski definition) is 2. The fourth-order valence-electron chi connectivity index (χ4n) is 3.01. The van der Waals surface area contributed by atoms with Crippen LogP contribution in [-0.2, 0) is 5.75 Å². The van der Waals surface area contributed by atoms with Gasteiger partial charge in [-0.3, -0.25) is 4.79 Å². The molecule has 0 spiro atoms. The van der Waals surface area contributed by atoms with Gasteiger partial charge < -0.3 is 19.6 Å². The average Bonchev–Trinajstić information content (AvgIpc) is 2.78. The Hall–Kier alpha value is -3.71. The van der Waals surface area contributed by atoms with E-state index in [1.165, 1.54) is 17.8 Å². The Bertz CT molecular complexity index is 1300. The van der Waals surface area contributed by atoms with Gasteiger partial charge in [-0.1, -0.05) is 6.07 Å². The van der Waals surface area contributed by atoms with Crippen molar-refractivity contribution in [3.63, 3.8) is 0 Å². The van der Waals surface area contributed by atoms with Gasteiger partial charge in [0.25, 0.3) is 5.91 Å². The van der Waals surface area contributed by atoms with Crippen molar-refractivity contribution in [3.8, 4) is 11.5 Å². The molecule has 0 aliphatic heterocycles. The van der Waals surface area contributed by atoms with Crippen LogP contribution in [0.1, 0.15) is 15.9 Å². The van der Waals surface area contributed by atoms with Gasteiger partial charge in [-0.25, -0.2) is 4.79 Å². The van der Waals surface area contributed by atoms with Gasteiger partial charge in [0.1, 0.15) is 17.1 Å². The highest BCUT2D eigenvalue weighted by Gasteiger charge is 2.09. The summed E-state index contributed by atoms with van der Waals surface area (Å²) in [7, 11) is 1.57. The van der Waals surface area contributed by atoms with Gasteiger partial charge in [-0.05, 0) is 60.7 Å². The Kier molecular flexibility index (Phi) is 5.95. The number of nitrogens with one attached hydrogen (secondary N) is 1. The van der Waals surface area contributed by atoms with Crippen LogP contribution in [0.15, 0.2) is 86.9 Å². The Morgan fingerprint density at radius 3 is 2.65 bits per heavy atom. The highest BCUT2D eigenvalue weighted by atomic mass is 32.2. The second kappa shape index (κ2) is 8.97. The first-order valence-electron chi connectivity index (χ1n) is 9.46. The van der Waals surface area contributed by atoms with Crippen LogP contribution in [0.3, 0.4) is 0 Å². The molecule has 0 radical (unpaired) electrons. The number of rotatable bonds is 6. The molecule has 0 saturated heterocycles. The molecule has 31 heavy (non-hydrogen) atoms.